The fraction of sp³-hybridized carbons (Fsp3) is 1.00. The first-order valence-electron chi connectivity index (χ1n) is 5.62. The van der Waals surface area contributed by atoms with Gasteiger partial charge in [-0.05, 0) is 33.7 Å². The number of nitrogens with zero attached hydrogens (tertiary/aromatic N) is 1. The zero-order valence-corrected chi connectivity index (χ0v) is 9.92. The molecule has 14 heavy (non-hydrogen) atoms. The van der Waals surface area contributed by atoms with Crippen LogP contribution in [0, 0.1) is 0 Å². The molecule has 1 aliphatic rings. The third kappa shape index (κ3) is 3.56. The molecule has 1 saturated heterocycles. The van der Waals surface area contributed by atoms with E-state index in [2.05, 4.69) is 31.0 Å². The fourth-order valence-electron chi connectivity index (χ4n) is 2.09. The first-order valence-corrected chi connectivity index (χ1v) is 5.62. The summed E-state index contributed by atoms with van der Waals surface area (Å²) in [6, 6.07) is 1.80. The van der Waals surface area contributed by atoms with Crippen LogP contribution in [0.15, 0.2) is 0 Å². The Morgan fingerprint density at radius 1 is 1.43 bits per heavy atom. The van der Waals surface area contributed by atoms with Gasteiger partial charge in [-0.25, -0.2) is 0 Å². The average Bonchev–Trinajstić information content (AvgIpc) is 2.53. The lowest BCUT2D eigenvalue weighted by Gasteiger charge is -2.22. The minimum absolute atomic E-state index is 0.470. The van der Waals surface area contributed by atoms with Gasteiger partial charge >= 0.3 is 0 Å². The Bertz CT molecular complexity index is 161. The number of ether oxygens (including phenoxy) is 1. The monoisotopic (exact) mass is 200 g/mol. The molecular formula is C11H24N2O. The third-order valence-electron chi connectivity index (χ3n) is 2.89. The van der Waals surface area contributed by atoms with Gasteiger partial charge in [0.2, 0.25) is 0 Å². The summed E-state index contributed by atoms with van der Waals surface area (Å²) < 4.78 is 5.11. The smallest absolute Gasteiger partial charge is 0.0613 e. The minimum Gasteiger partial charge on any atom is -0.383 e. The molecule has 1 fully saturated rings. The quantitative estimate of drug-likeness (QED) is 0.719. The highest BCUT2D eigenvalue weighted by molar-refractivity contribution is 4.84. The molecule has 1 N–H and O–H groups in total. The number of rotatable bonds is 5. The van der Waals surface area contributed by atoms with Crippen molar-refractivity contribution in [2.75, 3.05) is 26.8 Å². The van der Waals surface area contributed by atoms with Crippen LogP contribution in [-0.4, -0.2) is 49.8 Å². The van der Waals surface area contributed by atoms with Crippen LogP contribution in [0.1, 0.15) is 27.2 Å². The molecule has 2 unspecified atom stereocenters. The molecule has 0 aromatic heterocycles. The van der Waals surface area contributed by atoms with Crippen LogP contribution in [0.4, 0.5) is 0 Å². The molecule has 2 atom stereocenters. The zero-order chi connectivity index (χ0) is 10.6. The standard InChI is InChI=1S/C11H24N2O/c1-9(2)13-6-5-11(7-13)12-10(3)8-14-4/h9-12H,5-8H2,1-4H3. The zero-order valence-electron chi connectivity index (χ0n) is 9.92. The molecule has 0 bridgehead atoms. The molecule has 0 aliphatic carbocycles. The van der Waals surface area contributed by atoms with Crippen molar-refractivity contribution in [1.29, 1.82) is 0 Å². The van der Waals surface area contributed by atoms with Crippen LogP contribution in [0.3, 0.4) is 0 Å². The largest absolute Gasteiger partial charge is 0.383 e. The summed E-state index contributed by atoms with van der Waals surface area (Å²) in [5.74, 6) is 0. The third-order valence-corrected chi connectivity index (χ3v) is 2.89. The highest BCUT2D eigenvalue weighted by atomic mass is 16.5. The maximum atomic E-state index is 5.11. The number of hydrogen-bond donors (Lipinski definition) is 1. The Hall–Kier alpha value is -0.120. The molecule has 1 heterocycles. The van der Waals surface area contributed by atoms with E-state index < -0.39 is 0 Å². The minimum atomic E-state index is 0.470. The SMILES string of the molecule is COCC(C)NC1CCN(C(C)C)C1. The highest BCUT2D eigenvalue weighted by Gasteiger charge is 2.24. The van der Waals surface area contributed by atoms with E-state index >= 15 is 0 Å². The van der Waals surface area contributed by atoms with Crippen molar-refractivity contribution < 1.29 is 4.74 Å². The Labute approximate surface area is 87.8 Å². The van der Waals surface area contributed by atoms with E-state index in [1.165, 1.54) is 19.5 Å². The van der Waals surface area contributed by atoms with Gasteiger partial charge in [-0.1, -0.05) is 0 Å². The normalized spacial score (nSPS) is 25.9. The summed E-state index contributed by atoms with van der Waals surface area (Å²) >= 11 is 0. The first kappa shape index (κ1) is 12.0. The molecule has 84 valence electrons. The van der Waals surface area contributed by atoms with Crippen molar-refractivity contribution in [2.24, 2.45) is 0 Å². The summed E-state index contributed by atoms with van der Waals surface area (Å²) in [6.07, 6.45) is 1.27. The molecule has 0 amide bonds. The van der Waals surface area contributed by atoms with Crippen LogP contribution in [0.2, 0.25) is 0 Å². The first-order chi connectivity index (χ1) is 6.63. The van der Waals surface area contributed by atoms with E-state index in [1.54, 1.807) is 7.11 Å². The van der Waals surface area contributed by atoms with Gasteiger partial charge in [0, 0.05) is 31.8 Å². The molecule has 0 saturated carbocycles. The van der Waals surface area contributed by atoms with Crippen LogP contribution >= 0.6 is 0 Å². The van der Waals surface area contributed by atoms with E-state index in [1.807, 2.05) is 0 Å². The maximum absolute atomic E-state index is 5.11. The molecule has 0 radical (unpaired) electrons. The van der Waals surface area contributed by atoms with Gasteiger partial charge in [0.15, 0.2) is 0 Å². The maximum Gasteiger partial charge on any atom is 0.0613 e. The average molecular weight is 200 g/mol. The van der Waals surface area contributed by atoms with E-state index in [0.29, 0.717) is 18.1 Å². The Kier molecular flexibility index (Phi) is 4.85. The van der Waals surface area contributed by atoms with Crippen molar-refractivity contribution in [3.63, 3.8) is 0 Å². The van der Waals surface area contributed by atoms with Gasteiger partial charge in [0.1, 0.15) is 0 Å². The lowest BCUT2D eigenvalue weighted by Crippen LogP contribution is -2.41. The highest BCUT2D eigenvalue weighted by Crippen LogP contribution is 2.12. The molecule has 0 aromatic rings. The number of likely N-dealkylation sites (tertiary alicyclic amines) is 1. The van der Waals surface area contributed by atoms with E-state index in [0.717, 1.165) is 6.61 Å². The summed E-state index contributed by atoms with van der Waals surface area (Å²) in [6.45, 7) is 9.93. The predicted octanol–water partition coefficient (Wildman–Crippen LogP) is 1.09. The Balaban J connectivity index is 2.21. The van der Waals surface area contributed by atoms with Crippen LogP contribution in [0.5, 0.6) is 0 Å². The summed E-state index contributed by atoms with van der Waals surface area (Å²) in [5.41, 5.74) is 0. The van der Waals surface area contributed by atoms with E-state index in [4.69, 9.17) is 4.74 Å². The van der Waals surface area contributed by atoms with Crippen molar-refractivity contribution >= 4 is 0 Å². The molecule has 1 aliphatic heterocycles. The van der Waals surface area contributed by atoms with Crippen LogP contribution in [0.25, 0.3) is 0 Å². The second kappa shape index (κ2) is 5.69. The molecule has 0 aromatic carbocycles. The molecule has 1 rings (SSSR count). The molecule has 3 heteroatoms. The number of hydrogen-bond acceptors (Lipinski definition) is 3. The summed E-state index contributed by atoms with van der Waals surface area (Å²) in [4.78, 5) is 2.52. The predicted molar refractivity (Wildman–Crippen MR) is 59.6 cm³/mol. The molecular weight excluding hydrogens is 176 g/mol. The van der Waals surface area contributed by atoms with Gasteiger partial charge in [0.25, 0.3) is 0 Å². The van der Waals surface area contributed by atoms with Crippen molar-refractivity contribution in [3.8, 4) is 0 Å². The number of methoxy groups -OCH3 is 1. The Morgan fingerprint density at radius 3 is 2.64 bits per heavy atom. The van der Waals surface area contributed by atoms with Crippen LogP contribution in [-0.2, 0) is 4.74 Å². The van der Waals surface area contributed by atoms with Crippen LogP contribution < -0.4 is 5.32 Å². The topological polar surface area (TPSA) is 24.5 Å². The second-order valence-electron chi connectivity index (χ2n) is 4.60. The lowest BCUT2D eigenvalue weighted by atomic mass is 10.2. The van der Waals surface area contributed by atoms with Crippen molar-refractivity contribution in [1.82, 2.24) is 10.2 Å². The Morgan fingerprint density at radius 2 is 2.14 bits per heavy atom. The molecule has 3 nitrogen and oxygen atoms in total. The second-order valence-corrected chi connectivity index (χ2v) is 4.60. The summed E-state index contributed by atoms with van der Waals surface area (Å²) in [5, 5.41) is 3.60. The van der Waals surface area contributed by atoms with Gasteiger partial charge in [-0.3, -0.25) is 4.90 Å². The fourth-order valence-corrected chi connectivity index (χ4v) is 2.09. The van der Waals surface area contributed by atoms with Gasteiger partial charge in [0.05, 0.1) is 6.61 Å². The molecule has 0 spiro atoms. The van der Waals surface area contributed by atoms with Gasteiger partial charge < -0.3 is 10.1 Å². The van der Waals surface area contributed by atoms with E-state index in [-0.39, 0.29) is 0 Å². The van der Waals surface area contributed by atoms with Gasteiger partial charge in [-0.15, -0.1) is 0 Å². The lowest BCUT2D eigenvalue weighted by molar-refractivity contribution is 0.165. The van der Waals surface area contributed by atoms with E-state index in [9.17, 15) is 0 Å². The summed E-state index contributed by atoms with van der Waals surface area (Å²) in [7, 11) is 1.76. The van der Waals surface area contributed by atoms with Crippen molar-refractivity contribution in [3.05, 3.63) is 0 Å². The van der Waals surface area contributed by atoms with Crippen molar-refractivity contribution in [2.45, 2.75) is 45.3 Å². The number of nitrogens with one attached hydrogen (secondary N) is 1. The van der Waals surface area contributed by atoms with Gasteiger partial charge in [-0.2, -0.15) is 0 Å².